The number of nitrogens with two attached hydrogens (primary N) is 1. The number of hydrogen-bond acceptors (Lipinski definition) is 5. The third-order valence-electron chi connectivity index (χ3n) is 2.64. The van der Waals surface area contributed by atoms with E-state index in [4.69, 9.17) is 5.14 Å². The number of sulfonamides is 1. The van der Waals surface area contributed by atoms with Crippen molar-refractivity contribution in [3.05, 3.63) is 51.3 Å². The van der Waals surface area contributed by atoms with E-state index in [-0.39, 0.29) is 21.7 Å². The van der Waals surface area contributed by atoms with Gasteiger partial charge in [-0.1, -0.05) is 0 Å². The van der Waals surface area contributed by atoms with E-state index >= 15 is 0 Å². The molecule has 1 amide bonds. The Bertz CT molecular complexity index is 808. The third kappa shape index (κ3) is 4.00. The number of primary sulfonamides is 1. The van der Waals surface area contributed by atoms with Crippen molar-refractivity contribution < 1.29 is 13.2 Å². The summed E-state index contributed by atoms with van der Waals surface area (Å²) >= 11 is 1.06. The van der Waals surface area contributed by atoms with Crippen LogP contribution in [-0.4, -0.2) is 25.9 Å². The van der Waals surface area contributed by atoms with E-state index in [0.717, 1.165) is 16.2 Å². The fraction of sp³-hybridized carbons (Fsp3) is 0.167. The van der Waals surface area contributed by atoms with Gasteiger partial charge >= 0.3 is 0 Å². The molecule has 0 atom stereocenters. The number of aromatic amines is 1. The van der Waals surface area contributed by atoms with Gasteiger partial charge in [0.05, 0.1) is 0 Å². The van der Waals surface area contributed by atoms with Gasteiger partial charge in [-0.05, 0) is 18.6 Å². The maximum Gasteiger partial charge on any atom is 0.256 e. The van der Waals surface area contributed by atoms with Crippen LogP contribution in [0.1, 0.15) is 15.2 Å². The summed E-state index contributed by atoms with van der Waals surface area (Å²) < 4.78 is 22.3. The molecule has 2 heterocycles. The molecule has 2 rings (SSSR count). The highest BCUT2D eigenvalue weighted by Crippen LogP contribution is 2.20. The van der Waals surface area contributed by atoms with Crippen molar-refractivity contribution in [3.63, 3.8) is 0 Å². The minimum absolute atomic E-state index is 0.0360. The van der Waals surface area contributed by atoms with E-state index in [1.165, 1.54) is 24.5 Å². The molecule has 112 valence electrons. The second-order valence-corrected chi connectivity index (χ2v) is 7.15. The van der Waals surface area contributed by atoms with Gasteiger partial charge in [-0.2, -0.15) is 0 Å². The van der Waals surface area contributed by atoms with Gasteiger partial charge in [-0.25, -0.2) is 13.6 Å². The second kappa shape index (κ2) is 6.20. The van der Waals surface area contributed by atoms with Gasteiger partial charge in [-0.3, -0.25) is 9.59 Å². The lowest BCUT2D eigenvalue weighted by Gasteiger charge is -2.03. The monoisotopic (exact) mass is 327 g/mol. The first-order valence-corrected chi connectivity index (χ1v) is 8.31. The zero-order valence-electron chi connectivity index (χ0n) is 10.8. The number of carbonyl (C=O) groups excluding carboxylic acids is 1. The number of carbonyl (C=O) groups is 1. The molecule has 4 N–H and O–H groups in total. The number of pyridine rings is 1. The number of H-pyrrole nitrogens is 1. The van der Waals surface area contributed by atoms with Crippen molar-refractivity contribution >= 4 is 27.3 Å². The van der Waals surface area contributed by atoms with Crippen molar-refractivity contribution in [2.24, 2.45) is 5.14 Å². The van der Waals surface area contributed by atoms with Crippen LogP contribution in [0.25, 0.3) is 0 Å². The lowest BCUT2D eigenvalue weighted by atomic mass is 10.2. The van der Waals surface area contributed by atoms with Gasteiger partial charge in [0.1, 0.15) is 9.77 Å². The van der Waals surface area contributed by atoms with Crippen molar-refractivity contribution in [2.75, 3.05) is 6.54 Å². The molecule has 0 aromatic carbocycles. The molecule has 2 aromatic rings. The summed E-state index contributed by atoms with van der Waals surface area (Å²) in [6, 6.07) is 4.34. The number of rotatable bonds is 5. The topological polar surface area (TPSA) is 122 Å². The van der Waals surface area contributed by atoms with Gasteiger partial charge in [-0.15, -0.1) is 11.3 Å². The lowest BCUT2D eigenvalue weighted by Crippen LogP contribution is -2.29. The zero-order valence-corrected chi connectivity index (χ0v) is 12.5. The van der Waals surface area contributed by atoms with Crippen LogP contribution >= 0.6 is 11.3 Å². The highest BCUT2D eigenvalue weighted by molar-refractivity contribution is 7.91. The van der Waals surface area contributed by atoms with Crippen LogP contribution in [0.15, 0.2) is 39.6 Å². The minimum atomic E-state index is -3.69. The van der Waals surface area contributed by atoms with Gasteiger partial charge in [0.25, 0.3) is 5.91 Å². The fourth-order valence-electron chi connectivity index (χ4n) is 1.63. The Kier molecular flexibility index (Phi) is 4.56. The summed E-state index contributed by atoms with van der Waals surface area (Å²) in [5, 5.41) is 7.62. The highest BCUT2D eigenvalue weighted by Gasteiger charge is 2.12. The molecule has 9 heteroatoms. The Morgan fingerprint density at radius 2 is 2.10 bits per heavy atom. The SMILES string of the molecule is NS(=O)(=O)c1ccc(CCNC(=O)c2c[nH]ccc2=O)s1. The molecule has 0 spiro atoms. The molecule has 0 saturated heterocycles. The maximum atomic E-state index is 11.8. The molecule has 0 aliphatic heterocycles. The number of amides is 1. The number of thiophene rings is 1. The van der Waals surface area contributed by atoms with Crippen LogP contribution in [0, 0.1) is 0 Å². The highest BCUT2D eigenvalue weighted by atomic mass is 32.2. The van der Waals surface area contributed by atoms with Gasteiger partial charge in [0.2, 0.25) is 10.0 Å². The summed E-state index contributed by atoms with van der Waals surface area (Å²) in [7, 11) is -3.69. The Hall–Kier alpha value is -1.97. The van der Waals surface area contributed by atoms with Gasteiger partial charge in [0, 0.05) is 29.9 Å². The Labute approximate surface area is 124 Å². The number of aromatic nitrogens is 1. The molecular weight excluding hydrogens is 314 g/mol. The predicted octanol–water partition coefficient (Wildman–Crippen LogP) is 0.0563. The lowest BCUT2D eigenvalue weighted by molar-refractivity contribution is 0.0953. The maximum absolute atomic E-state index is 11.8. The first-order valence-electron chi connectivity index (χ1n) is 5.95. The van der Waals surface area contributed by atoms with Crippen molar-refractivity contribution in [3.8, 4) is 0 Å². The minimum Gasteiger partial charge on any atom is -0.367 e. The van der Waals surface area contributed by atoms with E-state index in [9.17, 15) is 18.0 Å². The van der Waals surface area contributed by atoms with Gasteiger partial charge in [0.15, 0.2) is 5.43 Å². The van der Waals surface area contributed by atoms with Gasteiger partial charge < -0.3 is 10.3 Å². The molecule has 0 unspecified atom stereocenters. The first kappa shape index (κ1) is 15.4. The molecule has 0 aliphatic rings. The van der Waals surface area contributed by atoms with E-state index in [1.54, 1.807) is 6.07 Å². The largest absolute Gasteiger partial charge is 0.367 e. The summed E-state index contributed by atoms with van der Waals surface area (Å²) in [4.78, 5) is 26.7. The number of hydrogen-bond donors (Lipinski definition) is 3. The van der Waals surface area contributed by atoms with Crippen LogP contribution in [-0.2, 0) is 16.4 Å². The summed E-state index contributed by atoms with van der Waals surface area (Å²) in [6.07, 6.45) is 3.23. The fourth-order valence-corrected chi connectivity index (χ4v) is 3.41. The molecule has 0 fully saturated rings. The van der Waals surface area contributed by atoms with Crippen LogP contribution in [0.3, 0.4) is 0 Å². The number of nitrogens with one attached hydrogen (secondary N) is 2. The summed E-state index contributed by atoms with van der Waals surface area (Å²) in [6.45, 7) is 0.289. The van der Waals surface area contributed by atoms with Crippen molar-refractivity contribution in [1.82, 2.24) is 10.3 Å². The predicted molar refractivity (Wildman–Crippen MR) is 78.8 cm³/mol. The standard InChI is InChI=1S/C12H13N3O4S2/c13-21(18,19)11-2-1-8(20-11)3-6-15-12(17)9-7-14-5-4-10(9)16/h1-2,4-5,7H,3,6H2,(H,14,16)(H,15,17)(H2,13,18,19). The smallest absolute Gasteiger partial charge is 0.256 e. The van der Waals surface area contributed by atoms with Crippen LogP contribution in [0.5, 0.6) is 0 Å². The molecule has 2 aromatic heterocycles. The van der Waals surface area contributed by atoms with Crippen LogP contribution in [0.4, 0.5) is 0 Å². The Morgan fingerprint density at radius 3 is 2.71 bits per heavy atom. The van der Waals surface area contributed by atoms with E-state index in [1.807, 2.05) is 0 Å². The van der Waals surface area contributed by atoms with Crippen molar-refractivity contribution in [2.45, 2.75) is 10.6 Å². The first-order chi connectivity index (χ1) is 9.88. The molecule has 21 heavy (non-hydrogen) atoms. The quantitative estimate of drug-likeness (QED) is 0.718. The zero-order chi connectivity index (χ0) is 15.5. The summed E-state index contributed by atoms with van der Waals surface area (Å²) in [5.74, 6) is -0.472. The van der Waals surface area contributed by atoms with Crippen LogP contribution in [0.2, 0.25) is 0 Å². The summed E-state index contributed by atoms with van der Waals surface area (Å²) in [5.41, 5.74) is -0.326. The van der Waals surface area contributed by atoms with Crippen molar-refractivity contribution in [1.29, 1.82) is 0 Å². The Balaban J connectivity index is 1.93. The van der Waals surface area contributed by atoms with E-state index in [0.29, 0.717) is 6.42 Å². The molecule has 0 saturated carbocycles. The molecule has 0 aliphatic carbocycles. The van der Waals surface area contributed by atoms with Crippen LogP contribution < -0.4 is 15.9 Å². The van der Waals surface area contributed by atoms with E-state index < -0.39 is 15.9 Å². The molecule has 0 radical (unpaired) electrons. The average Bonchev–Trinajstić information content (AvgIpc) is 2.88. The molecule has 7 nitrogen and oxygen atoms in total. The second-order valence-electron chi connectivity index (χ2n) is 4.19. The normalized spacial score (nSPS) is 11.3. The molecular formula is C12H13N3O4S2. The molecule has 0 bridgehead atoms. The third-order valence-corrected chi connectivity index (χ3v) is 5.23. The Morgan fingerprint density at radius 1 is 1.33 bits per heavy atom. The average molecular weight is 327 g/mol. The van der Waals surface area contributed by atoms with E-state index in [2.05, 4.69) is 10.3 Å².